The van der Waals surface area contributed by atoms with Gasteiger partial charge < -0.3 is 4.42 Å². The maximum Gasteiger partial charge on any atom is 0.265 e. The van der Waals surface area contributed by atoms with Gasteiger partial charge in [0, 0.05) is 15.9 Å². The molecule has 2 aromatic rings. The molecule has 0 spiro atoms. The van der Waals surface area contributed by atoms with E-state index in [1.165, 1.54) is 0 Å². The minimum absolute atomic E-state index is 0.543. The van der Waals surface area contributed by atoms with Gasteiger partial charge in [-0.05, 0) is 18.6 Å². The Kier molecular flexibility index (Phi) is 1.46. The molecule has 0 bridgehead atoms. The number of aryl methyl sites for hydroxylation is 1. The molecule has 0 aliphatic heterocycles. The van der Waals surface area contributed by atoms with Crippen molar-refractivity contribution in [1.29, 1.82) is 0 Å². The number of benzene rings is 1. The van der Waals surface area contributed by atoms with Gasteiger partial charge in [-0.1, -0.05) is 12.1 Å². The number of hydrogen-bond donors (Lipinski definition) is 0. The molecule has 3 heteroatoms. The number of para-hydroxylation sites is 1. The van der Waals surface area contributed by atoms with Crippen molar-refractivity contribution in [2.24, 2.45) is 0 Å². The molecule has 56 valence electrons. The zero-order valence-corrected chi connectivity index (χ0v) is 7.55. The van der Waals surface area contributed by atoms with E-state index in [9.17, 15) is 0 Å². The molecule has 0 N–H and O–H groups in total. The van der Waals surface area contributed by atoms with E-state index in [0.29, 0.717) is 4.80 Å². The fourth-order valence-electron chi connectivity index (χ4n) is 1.06. The van der Waals surface area contributed by atoms with Crippen LogP contribution in [0.4, 0.5) is 0 Å². The average Bonchev–Trinajstić information content (AvgIpc) is 2.31. The molecule has 0 fully saturated rings. The quantitative estimate of drug-likeness (QED) is 0.670. The molecule has 2 rings (SSSR count). The Morgan fingerprint density at radius 2 is 2.27 bits per heavy atom. The van der Waals surface area contributed by atoms with Crippen LogP contribution < -0.4 is 0 Å². The molecule has 0 aliphatic carbocycles. The highest BCUT2D eigenvalue weighted by atomic mass is 79.9. The van der Waals surface area contributed by atoms with Crippen molar-refractivity contribution in [3.8, 4) is 0 Å². The van der Waals surface area contributed by atoms with E-state index in [-0.39, 0.29) is 0 Å². The summed E-state index contributed by atoms with van der Waals surface area (Å²) in [5, 5.41) is 0. The van der Waals surface area contributed by atoms with Crippen LogP contribution >= 0.6 is 15.9 Å². The van der Waals surface area contributed by atoms with Gasteiger partial charge in [0.05, 0.1) is 0 Å². The number of aromatic nitrogens is 1. The Balaban J connectivity index is 2.90. The molecule has 1 aromatic carbocycles. The van der Waals surface area contributed by atoms with Gasteiger partial charge in [0.2, 0.25) is 0 Å². The Morgan fingerprint density at radius 1 is 1.45 bits per heavy atom. The van der Waals surface area contributed by atoms with E-state index in [0.717, 1.165) is 16.7 Å². The summed E-state index contributed by atoms with van der Waals surface area (Å²) in [6.07, 6.45) is 0. The molecule has 11 heavy (non-hydrogen) atoms. The summed E-state index contributed by atoms with van der Waals surface area (Å²) < 4.78 is 5.25. The Bertz CT molecular complexity index is 394. The minimum Gasteiger partial charge on any atom is -0.431 e. The lowest BCUT2D eigenvalue weighted by Gasteiger charge is -1.88. The van der Waals surface area contributed by atoms with Crippen molar-refractivity contribution in [2.45, 2.75) is 6.92 Å². The van der Waals surface area contributed by atoms with E-state index in [4.69, 9.17) is 4.42 Å². The van der Waals surface area contributed by atoms with Crippen LogP contribution in [-0.2, 0) is 0 Å². The van der Waals surface area contributed by atoms with Crippen molar-refractivity contribution >= 4 is 27.0 Å². The summed E-state index contributed by atoms with van der Waals surface area (Å²) in [5.41, 5.74) is 2.90. The lowest BCUT2D eigenvalue weighted by atomic mass is 10.2. The number of fused-ring (bicyclic) bond motifs is 1. The van der Waals surface area contributed by atoms with Crippen LogP contribution in [0.3, 0.4) is 0 Å². The molecule has 2 nitrogen and oxygen atoms in total. The van der Waals surface area contributed by atoms with E-state index in [1.54, 1.807) is 0 Å². The normalized spacial score (nSPS) is 10.7. The predicted molar refractivity (Wildman–Crippen MR) is 46.4 cm³/mol. The first kappa shape index (κ1) is 6.85. The summed E-state index contributed by atoms with van der Waals surface area (Å²) in [6.45, 7) is 2.01. The van der Waals surface area contributed by atoms with Crippen LogP contribution in [0.15, 0.2) is 27.4 Å². The molecule has 0 atom stereocenters. The first-order chi connectivity index (χ1) is 5.27. The number of nitrogens with zero attached hydrogens (tertiary/aromatic N) is 1. The third-order valence-electron chi connectivity index (χ3n) is 1.59. The summed E-state index contributed by atoms with van der Waals surface area (Å²) >= 11 is 3.18. The first-order valence-corrected chi connectivity index (χ1v) is 4.08. The van der Waals surface area contributed by atoms with Crippen molar-refractivity contribution in [1.82, 2.24) is 4.98 Å². The smallest absolute Gasteiger partial charge is 0.265 e. The SMILES string of the molecule is Cc1cccc2oc(Br)nc12. The topological polar surface area (TPSA) is 26.0 Å². The van der Waals surface area contributed by atoms with Gasteiger partial charge in [0.1, 0.15) is 5.52 Å². The van der Waals surface area contributed by atoms with E-state index >= 15 is 0 Å². The van der Waals surface area contributed by atoms with Crippen LogP contribution in [0, 0.1) is 6.92 Å². The zero-order valence-electron chi connectivity index (χ0n) is 5.97. The molecule has 0 saturated carbocycles. The number of hydrogen-bond acceptors (Lipinski definition) is 2. The van der Waals surface area contributed by atoms with Crippen LogP contribution in [0.25, 0.3) is 11.1 Å². The highest BCUT2D eigenvalue weighted by Crippen LogP contribution is 2.21. The zero-order chi connectivity index (χ0) is 7.84. The monoisotopic (exact) mass is 211 g/mol. The minimum atomic E-state index is 0.543. The molecule has 0 saturated heterocycles. The summed E-state index contributed by atoms with van der Waals surface area (Å²) in [5.74, 6) is 0. The molecular formula is C8H6BrNO. The largest absolute Gasteiger partial charge is 0.431 e. The molecule has 0 aliphatic rings. The van der Waals surface area contributed by atoms with Crippen molar-refractivity contribution < 1.29 is 4.42 Å². The fraction of sp³-hybridized carbons (Fsp3) is 0.125. The Morgan fingerprint density at radius 3 is 3.00 bits per heavy atom. The number of rotatable bonds is 0. The summed E-state index contributed by atoms with van der Waals surface area (Å²) in [4.78, 5) is 4.71. The summed E-state index contributed by atoms with van der Waals surface area (Å²) in [6, 6.07) is 5.87. The summed E-state index contributed by atoms with van der Waals surface area (Å²) in [7, 11) is 0. The van der Waals surface area contributed by atoms with Gasteiger partial charge >= 0.3 is 0 Å². The fourth-order valence-corrected chi connectivity index (χ4v) is 1.41. The van der Waals surface area contributed by atoms with Gasteiger partial charge in [-0.3, -0.25) is 0 Å². The van der Waals surface area contributed by atoms with E-state index in [2.05, 4.69) is 20.9 Å². The third-order valence-corrected chi connectivity index (χ3v) is 1.93. The highest BCUT2D eigenvalue weighted by Gasteiger charge is 2.03. The number of halogens is 1. The van der Waals surface area contributed by atoms with Gasteiger partial charge in [-0.15, -0.1) is 0 Å². The lowest BCUT2D eigenvalue weighted by molar-refractivity contribution is 0.570. The van der Waals surface area contributed by atoms with Crippen molar-refractivity contribution in [3.05, 3.63) is 28.6 Å². The van der Waals surface area contributed by atoms with Gasteiger partial charge in [0.25, 0.3) is 4.80 Å². The molecule has 0 radical (unpaired) electrons. The second-order valence-corrected chi connectivity index (χ2v) is 3.07. The molecule has 1 heterocycles. The number of oxazole rings is 1. The van der Waals surface area contributed by atoms with Crippen LogP contribution in [-0.4, -0.2) is 4.98 Å². The van der Waals surface area contributed by atoms with E-state index in [1.807, 2.05) is 25.1 Å². The second kappa shape index (κ2) is 2.34. The maximum absolute atomic E-state index is 5.25. The van der Waals surface area contributed by atoms with Gasteiger partial charge in [-0.2, -0.15) is 0 Å². The lowest BCUT2D eigenvalue weighted by Crippen LogP contribution is -1.73. The Hall–Kier alpha value is -0.830. The maximum atomic E-state index is 5.25. The van der Waals surface area contributed by atoms with Gasteiger partial charge in [-0.25, -0.2) is 4.98 Å². The van der Waals surface area contributed by atoms with Crippen LogP contribution in [0.5, 0.6) is 0 Å². The molecule has 0 unspecified atom stereocenters. The molecule has 1 aromatic heterocycles. The van der Waals surface area contributed by atoms with E-state index < -0.39 is 0 Å². The van der Waals surface area contributed by atoms with Crippen LogP contribution in [0.2, 0.25) is 0 Å². The third kappa shape index (κ3) is 1.05. The molecular weight excluding hydrogens is 206 g/mol. The standard InChI is InChI=1S/C8H6BrNO/c1-5-3-2-4-6-7(5)10-8(9)11-6/h2-4H,1H3. The second-order valence-electron chi connectivity index (χ2n) is 2.39. The van der Waals surface area contributed by atoms with Crippen molar-refractivity contribution in [2.75, 3.05) is 0 Å². The highest BCUT2D eigenvalue weighted by molar-refractivity contribution is 9.10. The molecule has 0 amide bonds. The first-order valence-electron chi connectivity index (χ1n) is 3.29. The average molecular weight is 212 g/mol. The predicted octanol–water partition coefficient (Wildman–Crippen LogP) is 2.90. The Labute approximate surface area is 72.4 Å². The van der Waals surface area contributed by atoms with Gasteiger partial charge in [0.15, 0.2) is 5.58 Å². The van der Waals surface area contributed by atoms with Crippen LogP contribution in [0.1, 0.15) is 5.56 Å². The van der Waals surface area contributed by atoms with Crippen molar-refractivity contribution in [3.63, 3.8) is 0 Å².